The Kier molecular flexibility index (Phi) is 12.9. The molecule has 5 unspecified atom stereocenters. The minimum absolute atomic E-state index is 0.349. The zero-order valence-corrected chi connectivity index (χ0v) is 28.3. The van der Waals surface area contributed by atoms with Gasteiger partial charge in [-0.05, 0) is 56.6 Å². The number of nitrogens with one attached hydrogen (secondary N) is 1. The molecule has 0 aliphatic carbocycles. The van der Waals surface area contributed by atoms with Crippen molar-refractivity contribution < 1.29 is 28.5 Å². The number of hydrogen-bond acceptors (Lipinski definition) is 7. The van der Waals surface area contributed by atoms with Crippen molar-refractivity contribution in [2.24, 2.45) is 0 Å². The van der Waals surface area contributed by atoms with E-state index in [4.69, 9.17) is 23.7 Å². The van der Waals surface area contributed by atoms with Crippen LogP contribution in [0.25, 0.3) is 0 Å². The summed E-state index contributed by atoms with van der Waals surface area (Å²) in [7, 11) is 0. The number of benzene rings is 3. The van der Waals surface area contributed by atoms with Crippen LogP contribution in [0.5, 0.6) is 0 Å². The Morgan fingerprint density at radius 3 is 1.53 bits per heavy atom. The fraction of sp³-hybridized carbons (Fsp3) is 0.486. The molecule has 7 nitrogen and oxygen atoms in total. The van der Waals surface area contributed by atoms with Gasteiger partial charge in [-0.2, -0.15) is 0 Å². The SMILES string of the molecule is CCC(CC)(NC(=O)OC(C)(C)C)C1OC(SC)C(OCc2ccccc2)C(OCc2ccccc2)C1OCc1ccccc1. The minimum atomic E-state index is -0.795. The van der Waals surface area contributed by atoms with Crippen molar-refractivity contribution in [3.63, 3.8) is 0 Å². The molecule has 0 spiro atoms. The van der Waals surface area contributed by atoms with Crippen LogP contribution in [0, 0.1) is 0 Å². The zero-order valence-electron chi connectivity index (χ0n) is 27.4. The second-order valence-corrected chi connectivity index (χ2v) is 13.4. The molecular formula is C37H49NO6S. The highest BCUT2D eigenvalue weighted by molar-refractivity contribution is 7.99. The molecule has 1 aliphatic heterocycles. The third-order valence-electron chi connectivity index (χ3n) is 8.14. The molecule has 4 rings (SSSR count). The molecule has 1 N–H and O–H groups in total. The number of hydrogen-bond donors (Lipinski definition) is 1. The van der Waals surface area contributed by atoms with E-state index in [1.807, 2.05) is 106 Å². The maximum atomic E-state index is 13.3. The van der Waals surface area contributed by atoms with E-state index >= 15 is 0 Å². The fourth-order valence-corrected chi connectivity index (χ4v) is 6.43. The molecule has 0 aromatic heterocycles. The molecule has 45 heavy (non-hydrogen) atoms. The predicted molar refractivity (Wildman–Crippen MR) is 180 cm³/mol. The molecule has 3 aromatic rings. The molecule has 8 heteroatoms. The summed E-state index contributed by atoms with van der Waals surface area (Å²) in [4.78, 5) is 13.3. The van der Waals surface area contributed by atoms with Gasteiger partial charge in [0.1, 0.15) is 35.5 Å². The van der Waals surface area contributed by atoms with Gasteiger partial charge in [0.2, 0.25) is 0 Å². The maximum Gasteiger partial charge on any atom is 0.408 e. The first-order chi connectivity index (χ1) is 21.7. The van der Waals surface area contributed by atoms with Crippen LogP contribution in [0.2, 0.25) is 0 Å². The number of carbonyl (C=O) groups is 1. The van der Waals surface area contributed by atoms with Crippen molar-refractivity contribution in [3.05, 3.63) is 108 Å². The summed E-state index contributed by atoms with van der Waals surface area (Å²) < 4.78 is 33.0. The van der Waals surface area contributed by atoms with Crippen molar-refractivity contribution in [2.75, 3.05) is 6.26 Å². The van der Waals surface area contributed by atoms with E-state index in [0.29, 0.717) is 32.7 Å². The minimum Gasteiger partial charge on any atom is -0.444 e. The van der Waals surface area contributed by atoms with Gasteiger partial charge in [0.25, 0.3) is 0 Å². The smallest absolute Gasteiger partial charge is 0.408 e. The molecule has 0 radical (unpaired) electrons. The van der Waals surface area contributed by atoms with Crippen LogP contribution in [0.4, 0.5) is 4.79 Å². The normalized spacial score (nSPS) is 22.1. The topological polar surface area (TPSA) is 75.3 Å². The summed E-state index contributed by atoms with van der Waals surface area (Å²) in [5.74, 6) is 0. The molecule has 1 amide bonds. The summed E-state index contributed by atoms with van der Waals surface area (Å²) in [5, 5.41) is 3.22. The van der Waals surface area contributed by atoms with Crippen LogP contribution in [0.15, 0.2) is 91.0 Å². The largest absolute Gasteiger partial charge is 0.444 e. The summed E-state index contributed by atoms with van der Waals surface area (Å²) >= 11 is 1.57. The Labute approximate surface area is 273 Å². The van der Waals surface area contributed by atoms with Crippen LogP contribution in [0.3, 0.4) is 0 Å². The molecule has 1 fully saturated rings. The Balaban J connectivity index is 1.74. The Hall–Kier alpha value is -2.88. The van der Waals surface area contributed by atoms with E-state index in [0.717, 1.165) is 16.7 Å². The van der Waals surface area contributed by atoms with Gasteiger partial charge in [-0.15, -0.1) is 11.8 Å². The van der Waals surface area contributed by atoms with Crippen LogP contribution >= 0.6 is 11.8 Å². The molecule has 5 atom stereocenters. The lowest BCUT2D eigenvalue weighted by Crippen LogP contribution is -2.69. The van der Waals surface area contributed by atoms with Crippen molar-refractivity contribution in [1.29, 1.82) is 0 Å². The Morgan fingerprint density at radius 1 is 0.711 bits per heavy atom. The average molecular weight is 636 g/mol. The monoisotopic (exact) mass is 635 g/mol. The van der Waals surface area contributed by atoms with E-state index in [9.17, 15) is 4.79 Å². The first kappa shape index (κ1) is 35.0. The second kappa shape index (κ2) is 16.6. The first-order valence-corrected chi connectivity index (χ1v) is 17.1. The average Bonchev–Trinajstić information content (AvgIpc) is 3.05. The fourth-order valence-electron chi connectivity index (χ4n) is 5.70. The van der Waals surface area contributed by atoms with Gasteiger partial charge in [-0.1, -0.05) is 105 Å². The van der Waals surface area contributed by atoms with Gasteiger partial charge in [-0.25, -0.2) is 4.79 Å². The third-order valence-corrected chi connectivity index (χ3v) is 8.98. The Bertz CT molecular complexity index is 1280. The molecule has 0 bridgehead atoms. The number of carbonyl (C=O) groups excluding carboxylic acids is 1. The molecule has 0 saturated carbocycles. The molecule has 244 valence electrons. The second-order valence-electron chi connectivity index (χ2n) is 12.4. The highest BCUT2D eigenvalue weighted by Crippen LogP contribution is 2.40. The number of thioether (sulfide) groups is 1. The van der Waals surface area contributed by atoms with Crippen molar-refractivity contribution in [3.8, 4) is 0 Å². The molecule has 3 aromatic carbocycles. The van der Waals surface area contributed by atoms with Crippen LogP contribution in [0.1, 0.15) is 64.2 Å². The van der Waals surface area contributed by atoms with Gasteiger partial charge < -0.3 is 29.0 Å². The predicted octanol–water partition coefficient (Wildman–Crippen LogP) is 7.91. The summed E-state index contributed by atoms with van der Waals surface area (Å²) in [6.45, 7) is 10.8. The lowest BCUT2D eigenvalue weighted by Gasteiger charge is -2.52. The summed E-state index contributed by atoms with van der Waals surface area (Å²) in [6, 6.07) is 30.3. The van der Waals surface area contributed by atoms with Gasteiger partial charge >= 0.3 is 6.09 Å². The lowest BCUT2D eigenvalue weighted by molar-refractivity contribution is -0.261. The van der Waals surface area contributed by atoms with E-state index in [2.05, 4.69) is 31.3 Å². The molecular weight excluding hydrogens is 586 g/mol. The van der Waals surface area contributed by atoms with Crippen molar-refractivity contribution in [1.82, 2.24) is 5.32 Å². The standard InChI is InChI=1S/C37H49NO6S/c1-7-37(8-2,38-35(39)44-36(3,4)5)33-31(41-25-28-20-14-10-15-21-28)30(40-24-27-18-12-9-13-19-27)32(34(43-33)45-6)42-26-29-22-16-11-17-23-29/h9-23,30-34H,7-8,24-26H2,1-6H3,(H,38,39). The number of amides is 1. The Morgan fingerprint density at radius 2 is 1.13 bits per heavy atom. The van der Waals surface area contributed by atoms with E-state index in [1.54, 1.807) is 11.8 Å². The quantitative estimate of drug-likeness (QED) is 0.193. The lowest BCUT2D eigenvalue weighted by atomic mass is 9.79. The number of rotatable bonds is 14. The van der Waals surface area contributed by atoms with Gasteiger partial charge in [0.05, 0.1) is 25.4 Å². The third kappa shape index (κ3) is 9.80. The van der Waals surface area contributed by atoms with Gasteiger partial charge in [0.15, 0.2) is 0 Å². The van der Waals surface area contributed by atoms with Gasteiger partial charge in [0, 0.05) is 0 Å². The highest BCUT2D eigenvalue weighted by atomic mass is 32.2. The molecule has 1 saturated heterocycles. The van der Waals surface area contributed by atoms with Gasteiger partial charge in [-0.3, -0.25) is 0 Å². The van der Waals surface area contributed by atoms with E-state index < -0.39 is 41.6 Å². The van der Waals surface area contributed by atoms with Crippen LogP contribution in [-0.2, 0) is 43.5 Å². The van der Waals surface area contributed by atoms with E-state index in [-0.39, 0.29) is 5.44 Å². The van der Waals surface area contributed by atoms with Crippen LogP contribution < -0.4 is 5.32 Å². The zero-order chi connectivity index (χ0) is 32.3. The molecule has 1 heterocycles. The van der Waals surface area contributed by atoms with Crippen LogP contribution in [-0.4, -0.2) is 53.3 Å². The number of ether oxygens (including phenoxy) is 5. The molecule has 1 aliphatic rings. The van der Waals surface area contributed by atoms with E-state index in [1.165, 1.54) is 0 Å². The first-order valence-electron chi connectivity index (χ1n) is 15.8. The number of alkyl carbamates (subject to hydrolysis) is 1. The van der Waals surface area contributed by atoms with Crippen molar-refractivity contribution >= 4 is 17.9 Å². The summed E-state index contributed by atoms with van der Waals surface area (Å²) in [5.41, 5.74) is 1.32. The maximum absolute atomic E-state index is 13.3. The summed E-state index contributed by atoms with van der Waals surface area (Å²) in [6.07, 6.45) is 0.635. The highest BCUT2D eigenvalue weighted by Gasteiger charge is 2.55. The van der Waals surface area contributed by atoms with Crippen molar-refractivity contribution in [2.45, 2.75) is 108 Å².